The maximum Gasteiger partial charge on any atom is 0.416 e. The Morgan fingerprint density at radius 2 is 1.83 bits per heavy atom. The van der Waals surface area contributed by atoms with E-state index in [4.69, 9.17) is 15.2 Å². The highest BCUT2D eigenvalue weighted by Gasteiger charge is 2.30. The van der Waals surface area contributed by atoms with Crippen molar-refractivity contribution in [3.63, 3.8) is 0 Å². The second-order valence-electron chi connectivity index (χ2n) is 4.97. The van der Waals surface area contributed by atoms with Crippen LogP contribution in [-0.4, -0.2) is 13.7 Å². The van der Waals surface area contributed by atoms with Crippen molar-refractivity contribution in [1.82, 2.24) is 0 Å². The molecule has 0 aromatic heterocycles. The highest BCUT2D eigenvalue weighted by atomic mass is 19.4. The summed E-state index contributed by atoms with van der Waals surface area (Å²) in [6.45, 7) is 0.453. The average Bonchev–Trinajstić information content (AvgIpc) is 2.53. The number of hydrogen-bond acceptors (Lipinski definition) is 3. The van der Waals surface area contributed by atoms with Gasteiger partial charge in [0.25, 0.3) is 0 Å². The molecular formula is C17H18F3NO2. The van der Waals surface area contributed by atoms with Crippen molar-refractivity contribution in [2.75, 3.05) is 13.7 Å². The fourth-order valence-electron chi connectivity index (χ4n) is 2.23. The van der Waals surface area contributed by atoms with E-state index in [1.54, 1.807) is 12.1 Å². The maximum atomic E-state index is 12.7. The number of para-hydroxylation sites is 1. The van der Waals surface area contributed by atoms with E-state index in [2.05, 4.69) is 0 Å². The number of methoxy groups -OCH3 is 1. The van der Waals surface area contributed by atoms with Gasteiger partial charge in [0.1, 0.15) is 6.61 Å². The SMILES string of the molecule is COc1cccc(CCN)c1OCc1cccc(C(F)(F)F)c1. The highest BCUT2D eigenvalue weighted by molar-refractivity contribution is 5.47. The molecule has 0 radical (unpaired) electrons. The van der Waals surface area contributed by atoms with E-state index in [1.165, 1.54) is 13.2 Å². The molecule has 0 unspecified atom stereocenters. The summed E-state index contributed by atoms with van der Waals surface area (Å²) in [6.07, 6.45) is -3.78. The smallest absolute Gasteiger partial charge is 0.416 e. The number of alkyl halides is 3. The van der Waals surface area contributed by atoms with Crippen molar-refractivity contribution in [2.45, 2.75) is 19.2 Å². The van der Waals surface area contributed by atoms with Gasteiger partial charge in [0.2, 0.25) is 0 Å². The molecule has 0 fully saturated rings. The van der Waals surface area contributed by atoms with Crippen LogP contribution in [0.15, 0.2) is 42.5 Å². The molecule has 0 atom stereocenters. The van der Waals surface area contributed by atoms with Gasteiger partial charge in [-0.25, -0.2) is 0 Å². The van der Waals surface area contributed by atoms with E-state index in [0.29, 0.717) is 30.0 Å². The summed E-state index contributed by atoms with van der Waals surface area (Å²) in [5.74, 6) is 1.04. The first-order valence-corrected chi connectivity index (χ1v) is 7.10. The standard InChI is InChI=1S/C17H18F3NO2/c1-22-15-7-3-5-13(8-9-21)16(15)23-11-12-4-2-6-14(10-12)17(18,19)20/h2-7,10H,8-9,11,21H2,1H3. The Bertz CT molecular complexity index is 657. The average molecular weight is 325 g/mol. The Labute approximate surface area is 132 Å². The molecule has 124 valence electrons. The van der Waals surface area contributed by atoms with Crippen LogP contribution in [0.4, 0.5) is 13.2 Å². The van der Waals surface area contributed by atoms with Crippen LogP contribution in [-0.2, 0) is 19.2 Å². The number of hydrogen-bond donors (Lipinski definition) is 1. The Balaban J connectivity index is 2.21. The molecule has 6 heteroatoms. The fourth-order valence-corrected chi connectivity index (χ4v) is 2.23. The minimum absolute atomic E-state index is 0.0157. The molecule has 0 amide bonds. The van der Waals surface area contributed by atoms with Crippen molar-refractivity contribution in [3.05, 3.63) is 59.2 Å². The molecule has 23 heavy (non-hydrogen) atoms. The van der Waals surface area contributed by atoms with Gasteiger partial charge in [-0.05, 0) is 42.3 Å². The molecule has 0 aliphatic rings. The van der Waals surface area contributed by atoms with E-state index in [1.807, 2.05) is 12.1 Å². The number of ether oxygens (including phenoxy) is 2. The van der Waals surface area contributed by atoms with E-state index in [0.717, 1.165) is 17.7 Å². The monoisotopic (exact) mass is 325 g/mol. The number of nitrogens with two attached hydrogens (primary N) is 1. The van der Waals surface area contributed by atoms with Gasteiger partial charge in [-0.3, -0.25) is 0 Å². The number of benzene rings is 2. The van der Waals surface area contributed by atoms with Gasteiger partial charge in [-0.15, -0.1) is 0 Å². The molecule has 2 rings (SSSR count). The summed E-state index contributed by atoms with van der Waals surface area (Å²) in [5.41, 5.74) is 6.18. The first-order chi connectivity index (χ1) is 11.0. The van der Waals surface area contributed by atoms with Gasteiger partial charge < -0.3 is 15.2 Å². The van der Waals surface area contributed by atoms with Crippen LogP contribution >= 0.6 is 0 Å². The zero-order chi connectivity index (χ0) is 16.9. The lowest BCUT2D eigenvalue weighted by Crippen LogP contribution is -2.08. The molecule has 0 bridgehead atoms. The van der Waals surface area contributed by atoms with E-state index < -0.39 is 11.7 Å². The third-order valence-corrected chi connectivity index (χ3v) is 3.33. The summed E-state index contributed by atoms with van der Waals surface area (Å²) >= 11 is 0. The van der Waals surface area contributed by atoms with Crippen LogP contribution in [0.25, 0.3) is 0 Å². The topological polar surface area (TPSA) is 44.5 Å². The van der Waals surface area contributed by atoms with Crippen molar-refractivity contribution in [2.24, 2.45) is 5.73 Å². The summed E-state index contributed by atoms with van der Waals surface area (Å²) < 4.78 is 49.2. The van der Waals surface area contributed by atoms with Crippen LogP contribution in [0.3, 0.4) is 0 Å². The van der Waals surface area contributed by atoms with Gasteiger partial charge in [0, 0.05) is 0 Å². The van der Waals surface area contributed by atoms with Crippen LogP contribution in [0.2, 0.25) is 0 Å². The first kappa shape index (κ1) is 17.1. The Morgan fingerprint density at radius 1 is 1.09 bits per heavy atom. The summed E-state index contributed by atoms with van der Waals surface area (Å²) in [6, 6.07) is 10.5. The molecule has 2 aromatic carbocycles. The molecule has 2 N–H and O–H groups in total. The molecule has 0 saturated heterocycles. The minimum atomic E-state index is -4.37. The van der Waals surface area contributed by atoms with E-state index in [-0.39, 0.29) is 6.61 Å². The quantitative estimate of drug-likeness (QED) is 0.879. The van der Waals surface area contributed by atoms with Gasteiger partial charge in [-0.2, -0.15) is 13.2 Å². The zero-order valence-electron chi connectivity index (χ0n) is 12.7. The lowest BCUT2D eigenvalue weighted by Gasteiger charge is -2.15. The second-order valence-corrected chi connectivity index (χ2v) is 4.97. The number of halogens is 3. The molecule has 0 aliphatic carbocycles. The van der Waals surface area contributed by atoms with E-state index >= 15 is 0 Å². The van der Waals surface area contributed by atoms with Crippen molar-refractivity contribution < 1.29 is 22.6 Å². The van der Waals surface area contributed by atoms with E-state index in [9.17, 15) is 13.2 Å². The van der Waals surface area contributed by atoms with Crippen molar-refractivity contribution in [1.29, 1.82) is 0 Å². The van der Waals surface area contributed by atoms with Crippen molar-refractivity contribution >= 4 is 0 Å². The van der Waals surface area contributed by atoms with Gasteiger partial charge in [0.05, 0.1) is 12.7 Å². The minimum Gasteiger partial charge on any atom is -0.493 e. The fraction of sp³-hybridized carbons (Fsp3) is 0.294. The van der Waals surface area contributed by atoms with Crippen LogP contribution in [0, 0.1) is 0 Å². The zero-order valence-corrected chi connectivity index (χ0v) is 12.7. The Kier molecular flexibility index (Phi) is 5.50. The molecule has 0 saturated carbocycles. The predicted octanol–water partition coefficient (Wildman–Crippen LogP) is 3.79. The van der Waals surface area contributed by atoms with Gasteiger partial charge in [0.15, 0.2) is 11.5 Å². The lowest BCUT2D eigenvalue weighted by molar-refractivity contribution is -0.137. The lowest BCUT2D eigenvalue weighted by atomic mass is 10.1. The summed E-state index contributed by atoms with van der Waals surface area (Å²) in [7, 11) is 1.51. The third-order valence-electron chi connectivity index (χ3n) is 3.33. The van der Waals surface area contributed by atoms with Crippen molar-refractivity contribution in [3.8, 4) is 11.5 Å². The molecule has 0 spiro atoms. The molecule has 0 aliphatic heterocycles. The maximum absolute atomic E-state index is 12.7. The van der Waals surface area contributed by atoms with Crippen LogP contribution in [0.1, 0.15) is 16.7 Å². The predicted molar refractivity (Wildman–Crippen MR) is 81.5 cm³/mol. The summed E-state index contributed by atoms with van der Waals surface area (Å²) in [4.78, 5) is 0. The second kappa shape index (κ2) is 7.37. The normalized spacial score (nSPS) is 11.3. The number of rotatable bonds is 6. The molecule has 2 aromatic rings. The Morgan fingerprint density at radius 3 is 2.48 bits per heavy atom. The third kappa shape index (κ3) is 4.39. The first-order valence-electron chi connectivity index (χ1n) is 7.10. The Hall–Kier alpha value is -2.21. The highest BCUT2D eigenvalue weighted by Crippen LogP contribution is 2.33. The van der Waals surface area contributed by atoms with Crippen LogP contribution in [0.5, 0.6) is 11.5 Å². The van der Waals surface area contributed by atoms with Crippen LogP contribution < -0.4 is 15.2 Å². The molecular weight excluding hydrogens is 307 g/mol. The molecule has 3 nitrogen and oxygen atoms in total. The summed E-state index contributed by atoms with van der Waals surface area (Å²) in [5, 5.41) is 0. The molecule has 0 heterocycles. The van der Waals surface area contributed by atoms with Gasteiger partial charge in [-0.1, -0.05) is 24.3 Å². The largest absolute Gasteiger partial charge is 0.493 e. The van der Waals surface area contributed by atoms with Gasteiger partial charge >= 0.3 is 6.18 Å².